The van der Waals surface area contributed by atoms with Crippen LogP contribution in [0.25, 0.3) is 0 Å². The molecule has 0 saturated heterocycles. The van der Waals surface area contributed by atoms with Gasteiger partial charge in [0.25, 0.3) is 5.91 Å². The third kappa shape index (κ3) is 3.76. The lowest BCUT2D eigenvalue weighted by Crippen LogP contribution is -2.24. The Labute approximate surface area is 104 Å². The van der Waals surface area contributed by atoms with Gasteiger partial charge in [0.2, 0.25) is 0 Å². The largest absolute Gasteiger partial charge is 0.347 e. The molecule has 0 atom stereocenters. The summed E-state index contributed by atoms with van der Waals surface area (Å²) < 4.78 is 14.1. The van der Waals surface area contributed by atoms with Gasteiger partial charge in [0.15, 0.2) is 0 Å². The fraction of sp³-hybridized carbons (Fsp3) is 0.100. The summed E-state index contributed by atoms with van der Waals surface area (Å²) in [6, 6.07) is 4.21. The number of amides is 1. The Balaban J connectivity index is 2.74. The summed E-state index contributed by atoms with van der Waals surface area (Å²) in [6.07, 6.45) is 0. The van der Waals surface area contributed by atoms with E-state index in [1.54, 1.807) is 6.07 Å². The number of hydrogen-bond donors (Lipinski definition) is 1. The highest BCUT2D eigenvalue weighted by atomic mass is 79.9. The van der Waals surface area contributed by atoms with Gasteiger partial charge in [0.05, 0.1) is 4.47 Å². The van der Waals surface area contributed by atoms with Crippen LogP contribution in [0.5, 0.6) is 0 Å². The van der Waals surface area contributed by atoms with E-state index in [9.17, 15) is 9.18 Å². The second kappa shape index (κ2) is 5.42. The first-order valence-corrected chi connectivity index (χ1v) is 5.66. The number of rotatable bonds is 3. The van der Waals surface area contributed by atoms with Crippen molar-refractivity contribution in [2.75, 3.05) is 6.54 Å². The first kappa shape index (κ1) is 12.4. The lowest BCUT2D eigenvalue weighted by Gasteiger charge is -2.04. The minimum atomic E-state index is -0.458. The summed E-state index contributed by atoms with van der Waals surface area (Å²) in [6.45, 7) is 3.89. The number of benzene rings is 1. The molecule has 2 nitrogen and oxygen atoms in total. The maximum Gasteiger partial charge on any atom is 0.251 e. The monoisotopic (exact) mass is 335 g/mol. The van der Waals surface area contributed by atoms with Crippen molar-refractivity contribution in [2.24, 2.45) is 0 Å². The molecule has 0 fully saturated rings. The van der Waals surface area contributed by atoms with Crippen molar-refractivity contribution >= 4 is 37.8 Å². The van der Waals surface area contributed by atoms with Crippen LogP contribution in [0.15, 0.2) is 33.7 Å². The Bertz CT molecular complexity index is 406. The second-order valence-electron chi connectivity index (χ2n) is 2.83. The average Bonchev–Trinajstić information content (AvgIpc) is 2.18. The normalized spacial score (nSPS) is 9.80. The van der Waals surface area contributed by atoms with E-state index in [0.717, 1.165) is 0 Å². The summed E-state index contributed by atoms with van der Waals surface area (Å²) in [7, 11) is 0. The summed E-state index contributed by atoms with van der Waals surface area (Å²) in [5.74, 6) is -0.790. The van der Waals surface area contributed by atoms with E-state index in [0.29, 0.717) is 15.5 Å². The zero-order valence-electron chi connectivity index (χ0n) is 7.69. The van der Waals surface area contributed by atoms with E-state index in [2.05, 4.69) is 43.8 Å². The van der Waals surface area contributed by atoms with E-state index in [1.807, 2.05) is 0 Å². The van der Waals surface area contributed by atoms with Crippen molar-refractivity contribution in [3.8, 4) is 0 Å². The number of carbonyl (C=O) groups excluding carboxylic acids is 1. The standard InChI is InChI=1S/C10H8Br2FNO/c1-6(11)5-14-10(15)7-2-3-8(12)9(13)4-7/h2-4H,1,5H2,(H,14,15). The van der Waals surface area contributed by atoms with Crippen LogP contribution >= 0.6 is 31.9 Å². The molecule has 0 aliphatic heterocycles. The molecule has 0 unspecified atom stereocenters. The Morgan fingerprint density at radius 2 is 2.20 bits per heavy atom. The molecular formula is C10H8Br2FNO. The van der Waals surface area contributed by atoms with Crippen LogP contribution in [0.3, 0.4) is 0 Å². The van der Waals surface area contributed by atoms with Crippen LogP contribution < -0.4 is 5.32 Å². The quantitative estimate of drug-likeness (QED) is 0.902. The topological polar surface area (TPSA) is 29.1 Å². The van der Waals surface area contributed by atoms with E-state index < -0.39 is 5.82 Å². The molecule has 5 heteroatoms. The average molecular weight is 337 g/mol. The third-order valence-electron chi connectivity index (χ3n) is 1.62. The lowest BCUT2D eigenvalue weighted by atomic mass is 10.2. The number of hydrogen-bond acceptors (Lipinski definition) is 1. The molecule has 15 heavy (non-hydrogen) atoms. The molecule has 80 valence electrons. The van der Waals surface area contributed by atoms with Crippen LogP contribution in [-0.4, -0.2) is 12.5 Å². The van der Waals surface area contributed by atoms with Crippen molar-refractivity contribution in [3.63, 3.8) is 0 Å². The summed E-state index contributed by atoms with van der Waals surface area (Å²) in [5, 5.41) is 2.58. The Hall–Kier alpha value is -0.680. The van der Waals surface area contributed by atoms with E-state index in [4.69, 9.17) is 0 Å². The van der Waals surface area contributed by atoms with Crippen molar-refractivity contribution in [2.45, 2.75) is 0 Å². The molecule has 1 amide bonds. The number of carbonyl (C=O) groups is 1. The maximum atomic E-state index is 13.1. The van der Waals surface area contributed by atoms with Gasteiger partial charge in [-0.15, -0.1) is 0 Å². The van der Waals surface area contributed by atoms with E-state index >= 15 is 0 Å². The van der Waals surface area contributed by atoms with Crippen LogP contribution in [0, 0.1) is 5.82 Å². The minimum Gasteiger partial charge on any atom is -0.347 e. The van der Waals surface area contributed by atoms with E-state index in [1.165, 1.54) is 12.1 Å². The van der Waals surface area contributed by atoms with Crippen LogP contribution in [0.4, 0.5) is 4.39 Å². The van der Waals surface area contributed by atoms with Gasteiger partial charge in [-0.05, 0) is 34.1 Å². The zero-order valence-corrected chi connectivity index (χ0v) is 10.9. The SMILES string of the molecule is C=C(Br)CNC(=O)c1ccc(Br)c(F)c1. The predicted octanol–water partition coefficient (Wildman–Crippen LogP) is 3.23. The highest BCUT2D eigenvalue weighted by molar-refractivity contribution is 9.11. The molecule has 0 aliphatic carbocycles. The Morgan fingerprint density at radius 3 is 2.73 bits per heavy atom. The molecule has 0 heterocycles. The van der Waals surface area contributed by atoms with Crippen molar-refractivity contribution in [1.29, 1.82) is 0 Å². The predicted molar refractivity (Wildman–Crippen MR) is 64.5 cm³/mol. The fourth-order valence-electron chi connectivity index (χ4n) is 0.916. The molecule has 1 aromatic carbocycles. The first-order valence-electron chi connectivity index (χ1n) is 4.07. The van der Waals surface area contributed by atoms with Gasteiger partial charge in [0, 0.05) is 16.6 Å². The molecule has 0 spiro atoms. The van der Waals surface area contributed by atoms with Gasteiger partial charge in [0.1, 0.15) is 5.82 Å². The molecule has 0 bridgehead atoms. The molecule has 0 aliphatic rings. The Kier molecular flexibility index (Phi) is 4.47. The van der Waals surface area contributed by atoms with Gasteiger partial charge < -0.3 is 5.32 Å². The zero-order chi connectivity index (χ0) is 11.4. The molecular weight excluding hydrogens is 329 g/mol. The fourth-order valence-corrected chi connectivity index (χ4v) is 1.30. The van der Waals surface area contributed by atoms with Crippen LogP contribution in [0.2, 0.25) is 0 Å². The molecule has 1 rings (SSSR count). The summed E-state index contributed by atoms with van der Waals surface area (Å²) in [4.78, 5) is 11.5. The second-order valence-corrected chi connectivity index (χ2v) is 4.80. The van der Waals surface area contributed by atoms with Crippen molar-refractivity contribution in [3.05, 3.63) is 45.1 Å². The molecule has 1 N–H and O–H groups in total. The van der Waals surface area contributed by atoms with Crippen LogP contribution in [0.1, 0.15) is 10.4 Å². The lowest BCUT2D eigenvalue weighted by molar-refractivity contribution is 0.0957. The van der Waals surface area contributed by atoms with E-state index in [-0.39, 0.29) is 11.5 Å². The van der Waals surface area contributed by atoms with Crippen molar-refractivity contribution in [1.82, 2.24) is 5.32 Å². The minimum absolute atomic E-state index is 0.282. The Morgan fingerprint density at radius 1 is 1.53 bits per heavy atom. The van der Waals surface area contributed by atoms with Gasteiger partial charge in [-0.2, -0.15) is 0 Å². The highest BCUT2D eigenvalue weighted by Gasteiger charge is 2.07. The molecule has 1 aromatic rings. The highest BCUT2D eigenvalue weighted by Crippen LogP contribution is 2.16. The summed E-state index contributed by atoms with van der Waals surface area (Å²) >= 11 is 6.12. The third-order valence-corrected chi connectivity index (χ3v) is 2.55. The van der Waals surface area contributed by atoms with Gasteiger partial charge in [-0.1, -0.05) is 22.5 Å². The smallest absolute Gasteiger partial charge is 0.251 e. The maximum absolute atomic E-state index is 13.1. The van der Waals surface area contributed by atoms with Gasteiger partial charge in [-0.25, -0.2) is 4.39 Å². The van der Waals surface area contributed by atoms with Crippen molar-refractivity contribution < 1.29 is 9.18 Å². The molecule has 0 saturated carbocycles. The van der Waals surface area contributed by atoms with Gasteiger partial charge >= 0.3 is 0 Å². The summed E-state index contributed by atoms with van der Waals surface area (Å²) in [5.41, 5.74) is 0.282. The van der Waals surface area contributed by atoms with Gasteiger partial charge in [-0.3, -0.25) is 4.79 Å². The van der Waals surface area contributed by atoms with Crippen LogP contribution in [-0.2, 0) is 0 Å². The number of halogens is 3. The molecule has 0 radical (unpaired) electrons. The first-order chi connectivity index (χ1) is 7.00. The number of nitrogens with one attached hydrogen (secondary N) is 1. The molecule has 0 aromatic heterocycles.